The molecule has 6 rings (SSSR count). The Labute approximate surface area is 227 Å². The van der Waals surface area contributed by atoms with Crippen molar-refractivity contribution in [2.24, 2.45) is 0 Å². The third-order valence-electron chi connectivity index (χ3n) is 6.96. The topological polar surface area (TPSA) is 121 Å². The number of hydrogen-bond acceptors (Lipinski definition) is 7. The minimum Gasteiger partial charge on any atom is -0.497 e. The first kappa shape index (κ1) is 24.9. The molecule has 2 heterocycles. The highest BCUT2D eigenvalue weighted by Crippen LogP contribution is 2.33. The van der Waals surface area contributed by atoms with Gasteiger partial charge in [0.2, 0.25) is 0 Å². The molecular weight excluding hydrogens is 512 g/mol. The molecule has 0 atom stereocenters. The molecule has 2 aliphatic rings. The van der Waals surface area contributed by atoms with Crippen LogP contribution >= 0.6 is 0 Å². The molecule has 0 saturated carbocycles. The molecule has 4 aromatic rings. The van der Waals surface area contributed by atoms with E-state index in [1.165, 1.54) is 43.5 Å². The Balaban J connectivity index is 1.31. The Morgan fingerprint density at radius 2 is 1.15 bits per heavy atom. The lowest BCUT2D eigenvalue weighted by molar-refractivity contribution is 0.0910. The van der Waals surface area contributed by atoms with E-state index in [0.29, 0.717) is 22.7 Å². The summed E-state index contributed by atoms with van der Waals surface area (Å²) >= 11 is 0. The van der Waals surface area contributed by atoms with Crippen molar-refractivity contribution in [2.45, 2.75) is 6.61 Å². The number of nitrogens with zero attached hydrogens (tertiary/aromatic N) is 2. The van der Waals surface area contributed by atoms with E-state index in [9.17, 15) is 29.1 Å². The van der Waals surface area contributed by atoms with Crippen molar-refractivity contribution >= 4 is 40.8 Å². The number of carbonyl (C=O) groups excluding carboxylic acids is 5. The normalized spacial score (nSPS) is 14.1. The van der Waals surface area contributed by atoms with Gasteiger partial charge in [0.25, 0.3) is 23.6 Å². The summed E-state index contributed by atoms with van der Waals surface area (Å²) in [5, 5.41) is 9.43. The van der Waals surface area contributed by atoms with Gasteiger partial charge < -0.3 is 9.84 Å². The number of ketones is 1. The second-order valence-electron chi connectivity index (χ2n) is 9.27. The summed E-state index contributed by atoms with van der Waals surface area (Å²) in [5.41, 5.74) is 1.97. The highest BCUT2D eigenvalue weighted by molar-refractivity contribution is 6.36. The van der Waals surface area contributed by atoms with E-state index in [1.54, 1.807) is 48.5 Å². The van der Waals surface area contributed by atoms with Crippen LogP contribution in [-0.2, 0) is 6.61 Å². The fraction of sp³-hybridized carbons (Fsp3) is 0.0645. The molecule has 0 spiro atoms. The van der Waals surface area contributed by atoms with Gasteiger partial charge in [0.1, 0.15) is 5.75 Å². The molecule has 0 fully saturated rings. The molecule has 9 heteroatoms. The first-order chi connectivity index (χ1) is 19.3. The lowest BCUT2D eigenvalue weighted by Gasteiger charge is -2.14. The van der Waals surface area contributed by atoms with Crippen molar-refractivity contribution < 1.29 is 33.8 Å². The summed E-state index contributed by atoms with van der Waals surface area (Å²) in [6, 6.07) is 21.5. The summed E-state index contributed by atoms with van der Waals surface area (Å²) in [7, 11) is 1.48. The third kappa shape index (κ3) is 3.79. The van der Waals surface area contributed by atoms with Crippen LogP contribution in [0.3, 0.4) is 0 Å². The standard InChI is InChI=1S/C31H20N2O7/c1-40-22-7-3-6-21(15-22)33-29(37)24-11-9-19(14-26(24)31(33)39)27(35)18-8-10-23-25(13-18)30(38)32(28(23)36)20-5-2-4-17(12-20)16-34/h2-15,34H,16H2,1H3. The molecule has 4 amide bonds. The monoisotopic (exact) mass is 532 g/mol. The van der Waals surface area contributed by atoms with Crippen LogP contribution in [-0.4, -0.2) is 41.6 Å². The van der Waals surface area contributed by atoms with Crippen LogP contribution in [0.25, 0.3) is 0 Å². The molecule has 1 N–H and O–H groups in total. The van der Waals surface area contributed by atoms with Crippen LogP contribution in [0.15, 0.2) is 84.9 Å². The van der Waals surface area contributed by atoms with Crippen LogP contribution in [0.2, 0.25) is 0 Å². The SMILES string of the molecule is COc1cccc(N2C(=O)c3ccc(C(=O)c4ccc5c(c4)C(=O)N(c4cccc(CO)c4)C5=O)cc3C2=O)c1. The zero-order valence-electron chi connectivity index (χ0n) is 21.1. The number of hydrogen-bond donors (Lipinski definition) is 1. The minimum atomic E-state index is -0.589. The average Bonchev–Trinajstić information content (AvgIpc) is 3.39. The molecule has 0 aromatic heterocycles. The zero-order valence-corrected chi connectivity index (χ0v) is 21.1. The Morgan fingerprint density at radius 1 is 0.650 bits per heavy atom. The number of fused-ring (bicyclic) bond motifs is 2. The largest absolute Gasteiger partial charge is 0.497 e. The molecule has 0 bridgehead atoms. The van der Waals surface area contributed by atoms with Crippen LogP contribution in [0.4, 0.5) is 11.4 Å². The van der Waals surface area contributed by atoms with Crippen molar-refractivity contribution in [1.29, 1.82) is 0 Å². The number of aliphatic hydroxyl groups excluding tert-OH is 1. The summed E-state index contributed by atoms with van der Waals surface area (Å²) in [6.07, 6.45) is 0. The zero-order chi connectivity index (χ0) is 28.1. The number of aliphatic hydroxyl groups is 1. The molecule has 40 heavy (non-hydrogen) atoms. The number of carbonyl (C=O) groups is 5. The van der Waals surface area contributed by atoms with Gasteiger partial charge in [-0.15, -0.1) is 0 Å². The molecule has 0 aliphatic carbocycles. The highest BCUT2D eigenvalue weighted by atomic mass is 16.5. The first-order valence-corrected chi connectivity index (χ1v) is 12.3. The minimum absolute atomic E-state index is 0.0712. The fourth-order valence-corrected chi connectivity index (χ4v) is 4.94. The van der Waals surface area contributed by atoms with Gasteiger partial charge in [0, 0.05) is 17.2 Å². The number of rotatable bonds is 6. The van der Waals surface area contributed by atoms with Gasteiger partial charge in [-0.05, 0) is 54.1 Å². The second-order valence-corrected chi connectivity index (χ2v) is 9.27. The summed E-state index contributed by atoms with van der Waals surface area (Å²) in [4.78, 5) is 67.9. The lowest BCUT2D eigenvalue weighted by Crippen LogP contribution is -2.29. The van der Waals surface area contributed by atoms with Gasteiger partial charge >= 0.3 is 0 Å². The maximum absolute atomic E-state index is 13.4. The predicted octanol–water partition coefficient (Wildman–Crippen LogP) is 4.02. The molecule has 0 radical (unpaired) electrons. The van der Waals surface area contributed by atoms with E-state index in [1.807, 2.05) is 0 Å². The summed E-state index contributed by atoms with van der Waals surface area (Å²) in [6.45, 7) is -0.248. The van der Waals surface area contributed by atoms with Gasteiger partial charge in [0.05, 0.1) is 47.3 Å². The number of methoxy groups -OCH3 is 1. The fourth-order valence-electron chi connectivity index (χ4n) is 4.94. The Hall–Kier alpha value is -5.41. The molecular formula is C31H20N2O7. The Bertz CT molecular complexity index is 1660. The molecule has 2 aliphatic heterocycles. The van der Waals surface area contributed by atoms with Gasteiger partial charge in [-0.25, -0.2) is 9.80 Å². The van der Waals surface area contributed by atoms with E-state index in [-0.39, 0.29) is 40.0 Å². The van der Waals surface area contributed by atoms with Gasteiger partial charge in [0.15, 0.2) is 5.78 Å². The Morgan fingerprint density at radius 3 is 1.68 bits per heavy atom. The second kappa shape index (κ2) is 9.40. The third-order valence-corrected chi connectivity index (χ3v) is 6.96. The van der Waals surface area contributed by atoms with Crippen LogP contribution in [0.5, 0.6) is 5.75 Å². The van der Waals surface area contributed by atoms with Gasteiger partial charge in [-0.2, -0.15) is 0 Å². The van der Waals surface area contributed by atoms with Crippen molar-refractivity contribution in [3.05, 3.63) is 124 Å². The molecule has 4 aromatic carbocycles. The number of imide groups is 2. The molecule has 9 nitrogen and oxygen atoms in total. The van der Waals surface area contributed by atoms with Gasteiger partial charge in [-0.3, -0.25) is 24.0 Å². The van der Waals surface area contributed by atoms with Crippen LogP contribution < -0.4 is 14.5 Å². The maximum atomic E-state index is 13.4. The summed E-state index contributed by atoms with van der Waals surface area (Å²) < 4.78 is 5.20. The van der Waals surface area contributed by atoms with E-state index in [0.717, 1.165) is 9.80 Å². The number of ether oxygens (including phenoxy) is 1. The van der Waals surface area contributed by atoms with Crippen LogP contribution in [0, 0.1) is 0 Å². The van der Waals surface area contributed by atoms with Crippen molar-refractivity contribution in [3.63, 3.8) is 0 Å². The molecule has 0 unspecified atom stereocenters. The number of benzene rings is 4. The smallest absolute Gasteiger partial charge is 0.266 e. The Kier molecular flexibility index (Phi) is 5.85. The molecule has 196 valence electrons. The molecule has 0 saturated heterocycles. The van der Waals surface area contributed by atoms with Gasteiger partial charge in [-0.1, -0.05) is 30.3 Å². The van der Waals surface area contributed by atoms with E-state index < -0.39 is 29.4 Å². The van der Waals surface area contributed by atoms with Crippen molar-refractivity contribution in [2.75, 3.05) is 16.9 Å². The van der Waals surface area contributed by atoms with E-state index in [2.05, 4.69) is 0 Å². The highest BCUT2D eigenvalue weighted by Gasteiger charge is 2.39. The average molecular weight is 533 g/mol. The van der Waals surface area contributed by atoms with Crippen LogP contribution in [0.1, 0.15) is 62.9 Å². The van der Waals surface area contributed by atoms with E-state index in [4.69, 9.17) is 4.74 Å². The lowest BCUT2D eigenvalue weighted by atomic mass is 9.96. The first-order valence-electron chi connectivity index (χ1n) is 12.3. The van der Waals surface area contributed by atoms with E-state index >= 15 is 0 Å². The maximum Gasteiger partial charge on any atom is 0.266 e. The summed E-state index contributed by atoms with van der Waals surface area (Å²) in [5.74, 6) is -2.21. The quantitative estimate of drug-likeness (QED) is 0.294. The van der Waals surface area contributed by atoms with Crippen molar-refractivity contribution in [1.82, 2.24) is 0 Å². The number of amides is 4. The predicted molar refractivity (Wildman–Crippen MR) is 144 cm³/mol. The van der Waals surface area contributed by atoms with Crippen molar-refractivity contribution in [3.8, 4) is 5.75 Å². The number of anilines is 2.